The van der Waals surface area contributed by atoms with Crippen molar-refractivity contribution in [2.75, 3.05) is 12.8 Å². The normalized spacial score (nSPS) is 13.6. The number of nitrogens with one attached hydrogen (secondary N) is 1. The molecule has 9 heteroatoms. The number of fused-ring (bicyclic) bond motifs is 1. The molecule has 1 fully saturated rings. The van der Waals surface area contributed by atoms with E-state index in [0.29, 0.717) is 16.6 Å². The Hall–Kier alpha value is -2.84. The lowest BCUT2D eigenvalue weighted by atomic mass is 10.1. The van der Waals surface area contributed by atoms with E-state index in [-0.39, 0.29) is 18.2 Å². The van der Waals surface area contributed by atoms with Gasteiger partial charge in [-0.25, -0.2) is 4.39 Å². The molecule has 1 amide bonds. The highest BCUT2D eigenvalue weighted by atomic mass is 35.5. The fraction of sp³-hybridized carbons (Fsp3) is 0.261. The maximum atomic E-state index is 14.1. The Morgan fingerprint density at radius 1 is 1.25 bits per heavy atom. The maximum Gasteiger partial charge on any atom is 0.233 e. The van der Waals surface area contributed by atoms with E-state index in [1.165, 1.54) is 22.7 Å². The Labute approximate surface area is 193 Å². The second kappa shape index (κ2) is 8.60. The van der Waals surface area contributed by atoms with Gasteiger partial charge in [0.2, 0.25) is 5.91 Å². The van der Waals surface area contributed by atoms with E-state index in [1.807, 2.05) is 24.4 Å². The first-order chi connectivity index (χ1) is 15.5. The summed E-state index contributed by atoms with van der Waals surface area (Å²) in [6, 6.07) is 13.0. The van der Waals surface area contributed by atoms with Crippen LogP contribution in [0.3, 0.4) is 0 Å². The van der Waals surface area contributed by atoms with E-state index in [0.717, 1.165) is 40.3 Å². The molecule has 0 aliphatic heterocycles. The Balaban J connectivity index is 1.33. The van der Waals surface area contributed by atoms with Crippen LogP contribution in [0.15, 0.2) is 53.8 Å². The number of rotatable bonds is 7. The molecule has 0 bridgehead atoms. The first-order valence-electron chi connectivity index (χ1n) is 10.3. The van der Waals surface area contributed by atoms with Crippen LogP contribution in [-0.4, -0.2) is 43.4 Å². The number of benzene rings is 2. The third-order valence-electron chi connectivity index (χ3n) is 5.61. The van der Waals surface area contributed by atoms with Crippen molar-refractivity contribution in [2.24, 2.45) is 0 Å². The Kier molecular flexibility index (Phi) is 5.65. The molecule has 2 heterocycles. The molecule has 0 atom stereocenters. The fourth-order valence-electron chi connectivity index (χ4n) is 3.72. The van der Waals surface area contributed by atoms with Crippen LogP contribution in [0.25, 0.3) is 22.3 Å². The van der Waals surface area contributed by atoms with Gasteiger partial charge in [0, 0.05) is 52.9 Å². The maximum absolute atomic E-state index is 14.1. The summed E-state index contributed by atoms with van der Waals surface area (Å²) in [6.07, 6.45) is 4.10. The molecule has 1 aliphatic rings. The minimum Gasteiger partial charge on any atom is -0.360 e. The van der Waals surface area contributed by atoms with Crippen molar-refractivity contribution in [1.29, 1.82) is 0 Å². The van der Waals surface area contributed by atoms with Crippen molar-refractivity contribution >= 4 is 40.2 Å². The number of carbonyl (C=O) groups excluding carboxylic acids is 1. The minimum absolute atomic E-state index is 0.112. The Morgan fingerprint density at radius 2 is 2.06 bits per heavy atom. The third kappa shape index (κ3) is 4.00. The lowest BCUT2D eigenvalue weighted by Gasteiger charge is -2.18. The Bertz CT molecular complexity index is 1280. The zero-order chi connectivity index (χ0) is 22.2. The van der Waals surface area contributed by atoms with Gasteiger partial charge in [-0.2, -0.15) is 0 Å². The van der Waals surface area contributed by atoms with Gasteiger partial charge in [-0.05, 0) is 31.0 Å². The average molecular weight is 470 g/mol. The summed E-state index contributed by atoms with van der Waals surface area (Å²) in [5.74, 6) is 0.447. The second-order valence-electron chi connectivity index (χ2n) is 7.89. The second-order valence-corrected chi connectivity index (χ2v) is 9.24. The summed E-state index contributed by atoms with van der Waals surface area (Å²) < 4.78 is 16.2. The predicted octanol–water partition coefficient (Wildman–Crippen LogP) is 5.30. The van der Waals surface area contributed by atoms with E-state index in [2.05, 4.69) is 25.8 Å². The van der Waals surface area contributed by atoms with E-state index in [9.17, 15) is 9.18 Å². The number of halogens is 2. The van der Waals surface area contributed by atoms with E-state index in [1.54, 1.807) is 19.2 Å². The largest absolute Gasteiger partial charge is 0.360 e. The van der Waals surface area contributed by atoms with Gasteiger partial charge in [-0.1, -0.05) is 47.6 Å². The number of nitrogens with zero attached hydrogens (tertiary/aromatic N) is 4. The summed E-state index contributed by atoms with van der Waals surface area (Å²) in [4.78, 5) is 17.5. The third-order valence-corrected chi connectivity index (χ3v) is 6.90. The molecule has 2 aromatic carbocycles. The lowest BCUT2D eigenvalue weighted by Crippen LogP contribution is -2.28. The minimum atomic E-state index is -0.415. The number of carbonyl (C=O) groups is 1. The number of para-hydroxylation sites is 1. The quantitative estimate of drug-likeness (QED) is 0.373. The highest BCUT2D eigenvalue weighted by Crippen LogP contribution is 2.42. The van der Waals surface area contributed by atoms with Crippen LogP contribution in [-0.2, 0) is 11.3 Å². The molecule has 1 N–H and O–H groups in total. The van der Waals surface area contributed by atoms with Crippen LogP contribution < -0.4 is 0 Å². The van der Waals surface area contributed by atoms with Gasteiger partial charge in [0.05, 0.1) is 5.75 Å². The number of hydrogen-bond donors (Lipinski definition) is 1. The SMILES string of the molecule is CN(Cc1c(F)cccc1Cl)C(=O)CSc1nnc(-c2c[nH]c3ccccc23)n1C1CC1. The van der Waals surface area contributed by atoms with Gasteiger partial charge < -0.3 is 9.88 Å². The van der Waals surface area contributed by atoms with Gasteiger partial charge in [0.25, 0.3) is 0 Å². The predicted molar refractivity (Wildman–Crippen MR) is 124 cm³/mol. The van der Waals surface area contributed by atoms with Crippen LogP contribution in [0.4, 0.5) is 4.39 Å². The monoisotopic (exact) mass is 469 g/mol. The molecule has 5 rings (SSSR count). The van der Waals surface area contributed by atoms with Gasteiger partial charge in [-0.15, -0.1) is 10.2 Å². The summed E-state index contributed by atoms with van der Waals surface area (Å²) in [7, 11) is 1.65. The molecule has 2 aromatic heterocycles. The fourth-order valence-corrected chi connectivity index (χ4v) is 4.89. The molecule has 164 valence electrons. The number of aromatic amines is 1. The summed E-state index contributed by atoms with van der Waals surface area (Å²) >= 11 is 7.45. The molecule has 4 aromatic rings. The Morgan fingerprint density at radius 3 is 2.84 bits per heavy atom. The number of H-pyrrole nitrogens is 1. The van der Waals surface area contributed by atoms with Crippen LogP contribution in [0.2, 0.25) is 5.02 Å². The smallest absolute Gasteiger partial charge is 0.233 e. The van der Waals surface area contributed by atoms with E-state index in [4.69, 9.17) is 11.6 Å². The molecular weight excluding hydrogens is 449 g/mol. The summed E-state index contributed by atoms with van der Waals surface area (Å²) in [5.41, 5.74) is 2.37. The van der Waals surface area contributed by atoms with Gasteiger partial charge >= 0.3 is 0 Å². The molecule has 0 spiro atoms. The van der Waals surface area contributed by atoms with Crippen molar-refractivity contribution < 1.29 is 9.18 Å². The number of thioether (sulfide) groups is 1. The number of amides is 1. The molecular formula is C23H21ClFN5OS. The van der Waals surface area contributed by atoms with E-state index >= 15 is 0 Å². The van der Waals surface area contributed by atoms with Crippen LogP contribution in [0.1, 0.15) is 24.4 Å². The highest BCUT2D eigenvalue weighted by molar-refractivity contribution is 7.99. The number of aromatic nitrogens is 4. The summed E-state index contributed by atoms with van der Waals surface area (Å²) in [6.45, 7) is 0.112. The molecule has 0 saturated heterocycles. The molecule has 1 aliphatic carbocycles. The van der Waals surface area contributed by atoms with Crippen LogP contribution in [0.5, 0.6) is 0 Å². The molecule has 6 nitrogen and oxygen atoms in total. The molecule has 0 unspecified atom stereocenters. The summed E-state index contributed by atoms with van der Waals surface area (Å²) in [5, 5.41) is 11.0. The number of hydrogen-bond acceptors (Lipinski definition) is 4. The van der Waals surface area contributed by atoms with Crippen molar-refractivity contribution in [1.82, 2.24) is 24.6 Å². The van der Waals surface area contributed by atoms with Gasteiger partial charge in [0.1, 0.15) is 5.82 Å². The molecule has 32 heavy (non-hydrogen) atoms. The van der Waals surface area contributed by atoms with Crippen molar-refractivity contribution in [2.45, 2.75) is 30.6 Å². The first-order valence-corrected chi connectivity index (χ1v) is 11.7. The highest BCUT2D eigenvalue weighted by Gasteiger charge is 2.31. The van der Waals surface area contributed by atoms with Crippen molar-refractivity contribution in [3.8, 4) is 11.4 Å². The first kappa shape index (κ1) is 21.0. The van der Waals surface area contributed by atoms with Crippen molar-refractivity contribution in [3.63, 3.8) is 0 Å². The van der Waals surface area contributed by atoms with Gasteiger partial charge in [0.15, 0.2) is 11.0 Å². The lowest BCUT2D eigenvalue weighted by molar-refractivity contribution is -0.127. The average Bonchev–Trinajstić information content (AvgIpc) is 3.40. The topological polar surface area (TPSA) is 66.8 Å². The van der Waals surface area contributed by atoms with E-state index < -0.39 is 5.82 Å². The molecule has 0 radical (unpaired) electrons. The standard InChI is InChI=1S/C23H21ClFN5OS/c1-29(12-17-18(24)6-4-7-19(17)25)21(31)13-32-23-28-27-22(30(23)14-9-10-14)16-11-26-20-8-3-2-5-15(16)20/h2-8,11,14,26H,9-10,12-13H2,1H3. The zero-order valence-corrected chi connectivity index (χ0v) is 19.0. The van der Waals surface area contributed by atoms with Crippen LogP contribution in [0, 0.1) is 5.82 Å². The van der Waals surface area contributed by atoms with Crippen LogP contribution >= 0.6 is 23.4 Å². The van der Waals surface area contributed by atoms with Gasteiger partial charge in [-0.3, -0.25) is 9.36 Å². The van der Waals surface area contributed by atoms with Crippen molar-refractivity contribution in [3.05, 3.63) is 65.1 Å². The zero-order valence-electron chi connectivity index (χ0n) is 17.4. The molecule has 1 saturated carbocycles.